The van der Waals surface area contributed by atoms with Gasteiger partial charge in [-0.2, -0.15) is 0 Å². The Morgan fingerprint density at radius 2 is 2.00 bits per heavy atom. The maximum Gasteiger partial charge on any atom is 0.329 e. The summed E-state index contributed by atoms with van der Waals surface area (Å²) in [5.74, 6) is -0.352. The molecule has 1 aliphatic heterocycles. The molecule has 1 amide bonds. The normalized spacial score (nSPS) is 21.7. The van der Waals surface area contributed by atoms with Gasteiger partial charge in [0, 0.05) is 6.54 Å². The van der Waals surface area contributed by atoms with Crippen LogP contribution in [0.5, 0.6) is 0 Å². The van der Waals surface area contributed by atoms with Crippen LogP contribution in [-0.2, 0) is 14.3 Å². The van der Waals surface area contributed by atoms with Crippen molar-refractivity contribution in [2.75, 3.05) is 13.6 Å². The number of amides is 1. The summed E-state index contributed by atoms with van der Waals surface area (Å²) in [6, 6.07) is -0.669. The zero-order valence-electron chi connectivity index (χ0n) is 11.2. The van der Waals surface area contributed by atoms with E-state index in [1.165, 1.54) is 0 Å². The molecule has 0 bridgehead atoms. The van der Waals surface area contributed by atoms with Crippen LogP contribution < -0.4 is 5.32 Å². The van der Waals surface area contributed by atoms with Crippen LogP contribution in [0, 0.1) is 0 Å². The van der Waals surface area contributed by atoms with Gasteiger partial charge in [0.25, 0.3) is 0 Å². The molecule has 0 aromatic rings. The number of likely N-dealkylation sites (N-methyl/N-ethyl adjacent to an activating group) is 1. The average molecular weight is 242 g/mol. The fraction of sp³-hybridized carbons (Fsp3) is 0.833. The summed E-state index contributed by atoms with van der Waals surface area (Å²) in [5, 5.41) is 2.88. The van der Waals surface area contributed by atoms with Crippen LogP contribution in [0.25, 0.3) is 0 Å². The van der Waals surface area contributed by atoms with E-state index in [1.54, 1.807) is 18.9 Å². The van der Waals surface area contributed by atoms with E-state index in [2.05, 4.69) is 5.32 Å². The van der Waals surface area contributed by atoms with Crippen molar-refractivity contribution >= 4 is 11.9 Å². The van der Waals surface area contributed by atoms with E-state index in [-0.39, 0.29) is 17.9 Å². The van der Waals surface area contributed by atoms with Crippen molar-refractivity contribution in [3.63, 3.8) is 0 Å². The monoisotopic (exact) mass is 242 g/mol. The predicted molar refractivity (Wildman–Crippen MR) is 64.5 cm³/mol. The minimum atomic E-state index is -0.504. The Kier molecular flexibility index (Phi) is 4.14. The molecule has 0 spiro atoms. The van der Waals surface area contributed by atoms with Crippen molar-refractivity contribution in [3.8, 4) is 0 Å². The lowest BCUT2D eigenvalue weighted by Crippen LogP contribution is -2.60. The predicted octanol–water partition coefficient (Wildman–Crippen LogP) is 0.537. The second-order valence-electron chi connectivity index (χ2n) is 5.38. The molecule has 1 rings (SSSR count). The summed E-state index contributed by atoms with van der Waals surface area (Å²) in [5.41, 5.74) is -0.504. The number of ether oxygens (including phenoxy) is 1. The summed E-state index contributed by atoms with van der Waals surface area (Å²) >= 11 is 0. The molecule has 0 unspecified atom stereocenters. The quantitative estimate of drug-likeness (QED) is 0.734. The zero-order chi connectivity index (χ0) is 13.2. The van der Waals surface area contributed by atoms with Gasteiger partial charge in [0.05, 0.1) is 6.04 Å². The molecule has 1 fully saturated rings. The minimum Gasteiger partial charge on any atom is -0.458 e. The van der Waals surface area contributed by atoms with E-state index < -0.39 is 11.6 Å². The first-order valence-corrected chi connectivity index (χ1v) is 5.97. The highest BCUT2D eigenvalue weighted by Crippen LogP contribution is 2.22. The summed E-state index contributed by atoms with van der Waals surface area (Å²) < 4.78 is 5.28. The van der Waals surface area contributed by atoms with E-state index in [9.17, 15) is 9.59 Å². The molecule has 5 heteroatoms. The Bertz CT molecular complexity index is 309. The van der Waals surface area contributed by atoms with Gasteiger partial charge in [0.2, 0.25) is 5.91 Å². The summed E-state index contributed by atoms with van der Waals surface area (Å²) in [6.07, 6.45) is 0.692. The molecular weight excluding hydrogens is 220 g/mol. The van der Waals surface area contributed by atoms with Gasteiger partial charge in [-0.1, -0.05) is 0 Å². The number of esters is 1. The SMILES string of the molecule is CN[C@@H](C)C(=O)N1CC[C@H]1C(=O)OC(C)(C)C. The number of nitrogens with one attached hydrogen (secondary N) is 1. The lowest BCUT2D eigenvalue weighted by atomic mass is 10.0. The van der Waals surface area contributed by atoms with Crippen molar-refractivity contribution in [2.45, 2.75) is 51.8 Å². The third-order valence-corrected chi connectivity index (χ3v) is 2.79. The highest BCUT2D eigenvalue weighted by molar-refractivity contribution is 5.89. The lowest BCUT2D eigenvalue weighted by Gasteiger charge is -2.41. The van der Waals surface area contributed by atoms with Gasteiger partial charge in [0.1, 0.15) is 11.6 Å². The number of carbonyl (C=O) groups excluding carboxylic acids is 2. The molecule has 0 aliphatic carbocycles. The van der Waals surface area contributed by atoms with Crippen molar-refractivity contribution < 1.29 is 14.3 Å². The molecule has 1 saturated heterocycles. The molecule has 2 atom stereocenters. The van der Waals surface area contributed by atoms with Gasteiger partial charge in [-0.25, -0.2) is 4.79 Å². The largest absolute Gasteiger partial charge is 0.458 e. The van der Waals surface area contributed by atoms with Gasteiger partial charge < -0.3 is 15.0 Å². The number of rotatable bonds is 3. The lowest BCUT2D eigenvalue weighted by molar-refractivity contribution is -0.171. The number of hydrogen-bond donors (Lipinski definition) is 1. The van der Waals surface area contributed by atoms with Crippen molar-refractivity contribution in [1.82, 2.24) is 10.2 Å². The van der Waals surface area contributed by atoms with Crippen LogP contribution in [0.3, 0.4) is 0 Å². The van der Waals surface area contributed by atoms with Crippen LogP contribution in [0.2, 0.25) is 0 Å². The Balaban J connectivity index is 2.57. The minimum absolute atomic E-state index is 0.0467. The van der Waals surface area contributed by atoms with Crippen LogP contribution in [-0.4, -0.2) is 48.1 Å². The molecule has 0 radical (unpaired) electrons. The van der Waals surface area contributed by atoms with Gasteiger partial charge in [0.15, 0.2) is 0 Å². The molecular formula is C12H22N2O3. The third-order valence-electron chi connectivity index (χ3n) is 2.79. The first-order chi connectivity index (χ1) is 7.76. The van der Waals surface area contributed by atoms with Gasteiger partial charge >= 0.3 is 5.97 Å². The smallest absolute Gasteiger partial charge is 0.329 e. The molecule has 1 N–H and O–H groups in total. The summed E-state index contributed by atoms with van der Waals surface area (Å²) in [4.78, 5) is 25.3. The summed E-state index contributed by atoms with van der Waals surface area (Å²) in [7, 11) is 1.73. The Morgan fingerprint density at radius 3 is 2.35 bits per heavy atom. The van der Waals surface area contributed by atoms with Crippen LogP contribution in [0.15, 0.2) is 0 Å². The van der Waals surface area contributed by atoms with E-state index in [0.29, 0.717) is 13.0 Å². The number of nitrogens with zero attached hydrogens (tertiary/aromatic N) is 1. The molecule has 1 heterocycles. The van der Waals surface area contributed by atoms with Crippen molar-refractivity contribution in [1.29, 1.82) is 0 Å². The maximum absolute atomic E-state index is 11.9. The van der Waals surface area contributed by atoms with Crippen molar-refractivity contribution in [2.24, 2.45) is 0 Å². The first kappa shape index (κ1) is 14.0. The number of carbonyl (C=O) groups is 2. The Hall–Kier alpha value is -1.10. The van der Waals surface area contributed by atoms with E-state index in [4.69, 9.17) is 4.74 Å². The topological polar surface area (TPSA) is 58.6 Å². The Labute approximate surface area is 102 Å². The van der Waals surface area contributed by atoms with Gasteiger partial charge in [-0.3, -0.25) is 4.79 Å². The highest BCUT2D eigenvalue weighted by atomic mass is 16.6. The number of likely N-dealkylation sites (tertiary alicyclic amines) is 1. The van der Waals surface area contributed by atoms with Crippen LogP contribution in [0.1, 0.15) is 34.1 Å². The standard InChI is InChI=1S/C12H22N2O3/c1-8(13-5)10(15)14-7-6-9(14)11(16)17-12(2,3)4/h8-9,13H,6-7H2,1-5H3/t8-,9-/m0/s1. The summed E-state index contributed by atoms with van der Waals surface area (Å²) in [6.45, 7) is 7.89. The molecule has 98 valence electrons. The molecule has 5 nitrogen and oxygen atoms in total. The molecule has 0 saturated carbocycles. The number of hydrogen-bond acceptors (Lipinski definition) is 4. The van der Waals surface area contributed by atoms with Crippen LogP contribution >= 0.6 is 0 Å². The average Bonchev–Trinajstić information content (AvgIpc) is 2.11. The zero-order valence-corrected chi connectivity index (χ0v) is 11.2. The Morgan fingerprint density at radius 1 is 1.41 bits per heavy atom. The molecule has 0 aromatic heterocycles. The molecule has 1 aliphatic rings. The first-order valence-electron chi connectivity index (χ1n) is 5.97. The third kappa shape index (κ3) is 3.43. The van der Waals surface area contributed by atoms with Gasteiger partial charge in [-0.05, 0) is 41.2 Å². The van der Waals surface area contributed by atoms with E-state index >= 15 is 0 Å². The van der Waals surface area contributed by atoms with Crippen molar-refractivity contribution in [3.05, 3.63) is 0 Å². The fourth-order valence-electron chi connectivity index (χ4n) is 1.64. The maximum atomic E-state index is 11.9. The van der Waals surface area contributed by atoms with E-state index in [0.717, 1.165) is 0 Å². The second-order valence-corrected chi connectivity index (χ2v) is 5.38. The van der Waals surface area contributed by atoms with Gasteiger partial charge in [-0.15, -0.1) is 0 Å². The fourth-order valence-corrected chi connectivity index (χ4v) is 1.64. The molecule has 17 heavy (non-hydrogen) atoms. The highest BCUT2D eigenvalue weighted by Gasteiger charge is 2.41. The van der Waals surface area contributed by atoms with Crippen LogP contribution in [0.4, 0.5) is 0 Å². The van der Waals surface area contributed by atoms with E-state index in [1.807, 2.05) is 20.8 Å². The molecule has 0 aromatic carbocycles. The second kappa shape index (κ2) is 5.04.